The van der Waals surface area contributed by atoms with E-state index < -0.39 is 0 Å². The first kappa shape index (κ1) is 9.22. The van der Waals surface area contributed by atoms with Crippen molar-refractivity contribution in [3.63, 3.8) is 0 Å². The lowest BCUT2D eigenvalue weighted by Gasteiger charge is -2.54. The quantitative estimate of drug-likeness (QED) is 0.667. The molecule has 1 aliphatic heterocycles. The van der Waals surface area contributed by atoms with Gasteiger partial charge in [-0.05, 0) is 6.42 Å². The lowest BCUT2D eigenvalue weighted by molar-refractivity contribution is -0.111. The van der Waals surface area contributed by atoms with Crippen LogP contribution in [-0.4, -0.2) is 25.3 Å². The molecule has 3 unspecified atom stereocenters. The van der Waals surface area contributed by atoms with Crippen LogP contribution in [0.15, 0.2) is 12.7 Å². The summed E-state index contributed by atoms with van der Waals surface area (Å²) in [7, 11) is 0. The molecule has 0 aromatic carbocycles. The average Bonchev–Trinajstić information content (AvgIpc) is 2.51. The average molecular weight is 181 g/mol. The van der Waals surface area contributed by atoms with Crippen molar-refractivity contribution in [2.75, 3.05) is 13.2 Å². The van der Waals surface area contributed by atoms with E-state index in [0.29, 0.717) is 17.6 Å². The first-order chi connectivity index (χ1) is 6.18. The Morgan fingerprint density at radius 1 is 1.62 bits per heavy atom. The second-order valence-electron chi connectivity index (χ2n) is 4.74. The normalized spacial score (nSPS) is 40.9. The van der Waals surface area contributed by atoms with E-state index in [1.54, 1.807) is 0 Å². The third-order valence-electron chi connectivity index (χ3n) is 3.58. The number of nitrogens with one attached hydrogen (secondary N) is 1. The molecular formula is C11H19NO. The van der Waals surface area contributed by atoms with E-state index >= 15 is 0 Å². The highest BCUT2D eigenvalue weighted by Gasteiger charge is 2.58. The summed E-state index contributed by atoms with van der Waals surface area (Å²) in [6.45, 7) is 10.2. The SMILES string of the molecule is C=CCNC1C2CCOC2C1(C)C. The van der Waals surface area contributed by atoms with Crippen LogP contribution in [0.3, 0.4) is 0 Å². The van der Waals surface area contributed by atoms with Gasteiger partial charge in [-0.3, -0.25) is 0 Å². The summed E-state index contributed by atoms with van der Waals surface area (Å²) < 4.78 is 5.71. The van der Waals surface area contributed by atoms with E-state index in [4.69, 9.17) is 4.74 Å². The van der Waals surface area contributed by atoms with Gasteiger partial charge in [-0.25, -0.2) is 0 Å². The number of fused-ring (bicyclic) bond motifs is 1. The van der Waals surface area contributed by atoms with Crippen molar-refractivity contribution in [2.45, 2.75) is 32.4 Å². The molecule has 2 rings (SSSR count). The Labute approximate surface area is 80.4 Å². The van der Waals surface area contributed by atoms with Crippen LogP contribution in [0.5, 0.6) is 0 Å². The standard InChI is InChI=1S/C11H19NO/c1-4-6-12-9-8-5-7-13-10(8)11(9,2)3/h4,8-10,12H,1,5-7H2,2-3H3. The molecule has 3 atom stereocenters. The van der Waals surface area contributed by atoms with Crippen molar-refractivity contribution < 1.29 is 4.74 Å². The fourth-order valence-electron chi connectivity index (χ4n) is 2.95. The first-order valence-corrected chi connectivity index (χ1v) is 5.14. The largest absolute Gasteiger partial charge is 0.377 e. The smallest absolute Gasteiger partial charge is 0.0685 e. The summed E-state index contributed by atoms with van der Waals surface area (Å²) in [5.41, 5.74) is 0.310. The summed E-state index contributed by atoms with van der Waals surface area (Å²) in [5.74, 6) is 0.745. The molecule has 0 bridgehead atoms. The number of hydrogen-bond donors (Lipinski definition) is 1. The highest BCUT2D eigenvalue weighted by Crippen LogP contribution is 2.51. The summed E-state index contributed by atoms with van der Waals surface area (Å²) in [6.07, 6.45) is 3.65. The zero-order valence-corrected chi connectivity index (χ0v) is 8.55. The van der Waals surface area contributed by atoms with Gasteiger partial charge in [0, 0.05) is 30.5 Å². The van der Waals surface area contributed by atoms with Gasteiger partial charge >= 0.3 is 0 Å². The molecule has 0 aromatic rings. The van der Waals surface area contributed by atoms with Crippen molar-refractivity contribution >= 4 is 0 Å². The van der Waals surface area contributed by atoms with Crippen molar-refractivity contribution in [3.8, 4) is 0 Å². The minimum atomic E-state index is 0.310. The third-order valence-corrected chi connectivity index (χ3v) is 3.58. The van der Waals surface area contributed by atoms with Crippen LogP contribution in [0.4, 0.5) is 0 Å². The van der Waals surface area contributed by atoms with E-state index in [-0.39, 0.29) is 0 Å². The van der Waals surface area contributed by atoms with Gasteiger partial charge in [0.15, 0.2) is 0 Å². The molecule has 0 aromatic heterocycles. The van der Waals surface area contributed by atoms with Gasteiger partial charge in [0.25, 0.3) is 0 Å². The predicted molar refractivity (Wildman–Crippen MR) is 53.6 cm³/mol. The van der Waals surface area contributed by atoms with E-state index in [0.717, 1.165) is 19.1 Å². The van der Waals surface area contributed by atoms with E-state index in [2.05, 4.69) is 25.7 Å². The minimum absolute atomic E-state index is 0.310. The van der Waals surface area contributed by atoms with E-state index in [1.807, 2.05) is 6.08 Å². The summed E-state index contributed by atoms with van der Waals surface area (Å²) in [5, 5.41) is 3.53. The van der Waals surface area contributed by atoms with Gasteiger partial charge in [-0.1, -0.05) is 19.9 Å². The topological polar surface area (TPSA) is 21.3 Å². The molecule has 2 fully saturated rings. The molecule has 2 heteroatoms. The zero-order valence-electron chi connectivity index (χ0n) is 8.55. The van der Waals surface area contributed by atoms with Crippen LogP contribution in [-0.2, 0) is 4.74 Å². The Kier molecular flexibility index (Phi) is 2.20. The minimum Gasteiger partial charge on any atom is -0.377 e. The second kappa shape index (κ2) is 3.10. The summed E-state index contributed by atoms with van der Waals surface area (Å²) in [4.78, 5) is 0. The van der Waals surface area contributed by atoms with Gasteiger partial charge in [-0.2, -0.15) is 0 Å². The molecule has 74 valence electrons. The van der Waals surface area contributed by atoms with Crippen LogP contribution in [0, 0.1) is 11.3 Å². The lowest BCUT2D eigenvalue weighted by Crippen LogP contribution is -2.65. The van der Waals surface area contributed by atoms with Crippen molar-refractivity contribution in [2.24, 2.45) is 11.3 Å². The first-order valence-electron chi connectivity index (χ1n) is 5.14. The number of hydrogen-bond acceptors (Lipinski definition) is 2. The Balaban J connectivity index is 1.99. The van der Waals surface area contributed by atoms with E-state index in [1.165, 1.54) is 6.42 Å². The van der Waals surface area contributed by atoms with Crippen molar-refractivity contribution in [1.29, 1.82) is 0 Å². The molecule has 0 amide bonds. The van der Waals surface area contributed by atoms with Gasteiger partial charge in [0.1, 0.15) is 0 Å². The van der Waals surface area contributed by atoms with Gasteiger partial charge in [0.05, 0.1) is 6.10 Å². The fraction of sp³-hybridized carbons (Fsp3) is 0.818. The second-order valence-corrected chi connectivity index (χ2v) is 4.74. The van der Waals surface area contributed by atoms with Crippen LogP contribution in [0.1, 0.15) is 20.3 Å². The van der Waals surface area contributed by atoms with Gasteiger partial charge in [-0.15, -0.1) is 6.58 Å². The molecule has 1 saturated carbocycles. The van der Waals surface area contributed by atoms with Crippen LogP contribution in [0.25, 0.3) is 0 Å². The molecule has 1 N–H and O–H groups in total. The maximum Gasteiger partial charge on any atom is 0.0685 e. The Morgan fingerprint density at radius 2 is 2.38 bits per heavy atom. The van der Waals surface area contributed by atoms with Gasteiger partial charge < -0.3 is 10.1 Å². The molecule has 13 heavy (non-hydrogen) atoms. The van der Waals surface area contributed by atoms with Crippen molar-refractivity contribution in [1.82, 2.24) is 5.32 Å². The Hall–Kier alpha value is -0.340. The molecule has 1 heterocycles. The van der Waals surface area contributed by atoms with Crippen LogP contribution < -0.4 is 5.32 Å². The van der Waals surface area contributed by atoms with Crippen molar-refractivity contribution in [3.05, 3.63) is 12.7 Å². The molecule has 2 aliphatic rings. The Bertz CT molecular complexity index is 212. The predicted octanol–water partition coefficient (Wildman–Crippen LogP) is 1.58. The fourth-order valence-corrected chi connectivity index (χ4v) is 2.95. The van der Waals surface area contributed by atoms with E-state index in [9.17, 15) is 0 Å². The lowest BCUT2D eigenvalue weighted by atomic mass is 9.57. The highest BCUT2D eigenvalue weighted by molar-refractivity contribution is 5.11. The molecular weight excluding hydrogens is 162 g/mol. The number of rotatable bonds is 3. The maximum absolute atomic E-state index is 5.71. The Morgan fingerprint density at radius 3 is 3.08 bits per heavy atom. The summed E-state index contributed by atoms with van der Waals surface area (Å²) in [6, 6.07) is 0.623. The van der Waals surface area contributed by atoms with Crippen LogP contribution in [0.2, 0.25) is 0 Å². The molecule has 1 aliphatic carbocycles. The molecule has 2 nitrogen and oxygen atoms in total. The summed E-state index contributed by atoms with van der Waals surface area (Å²) >= 11 is 0. The monoisotopic (exact) mass is 181 g/mol. The number of ether oxygens (including phenoxy) is 1. The molecule has 0 spiro atoms. The van der Waals surface area contributed by atoms with Crippen LogP contribution >= 0.6 is 0 Å². The maximum atomic E-state index is 5.71. The van der Waals surface area contributed by atoms with Gasteiger partial charge in [0.2, 0.25) is 0 Å². The zero-order chi connectivity index (χ0) is 9.47. The molecule has 1 saturated heterocycles. The third kappa shape index (κ3) is 1.24. The molecule has 0 radical (unpaired) electrons. The highest BCUT2D eigenvalue weighted by atomic mass is 16.5.